The highest BCUT2D eigenvalue weighted by Gasteiger charge is 2.46. The molecule has 144 valence electrons. The number of carbonyl (C=O) groups is 2. The van der Waals surface area contributed by atoms with Gasteiger partial charge in [-0.15, -0.1) is 0 Å². The molecular formula is C18H21F3NO4-. The molecule has 1 aliphatic heterocycles. The standard InChI is InChI=1S/C18H22F3NO4/c1-16(2,3)26-15(25)22-10-4-9-17(22,14(23)24)11-12-5-7-13(8-6-12)18(19,20)21/h5-8H,4,9-11H2,1-3H3,(H,23,24)/p-1/t17-/m1/s1. The van der Waals surface area contributed by atoms with Crippen molar-refractivity contribution < 1.29 is 32.6 Å². The fourth-order valence-corrected chi connectivity index (χ4v) is 3.08. The molecule has 1 aliphatic rings. The minimum atomic E-state index is -4.47. The number of ether oxygens (including phenoxy) is 1. The number of amides is 1. The highest BCUT2D eigenvalue weighted by atomic mass is 19.4. The number of carbonyl (C=O) groups excluding carboxylic acids is 2. The lowest BCUT2D eigenvalue weighted by Gasteiger charge is -2.40. The van der Waals surface area contributed by atoms with Crippen LogP contribution in [0.4, 0.5) is 18.0 Å². The van der Waals surface area contributed by atoms with Crippen LogP contribution in [0, 0.1) is 0 Å². The van der Waals surface area contributed by atoms with Crippen LogP contribution in [0.5, 0.6) is 0 Å². The largest absolute Gasteiger partial charge is 0.548 e. The summed E-state index contributed by atoms with van der Waals surface area (Å²) in [7, 11) is 0. The lowest BCUT2D eigenvalue weighted by molar-refractivity contribution is -0.317. The molecule has 0 spiro atoms. The lowest BCUT2D eigenvalue weighted by atomic mass is 9.88. The van der Waals surface area contributed by atoms with Crippen LogP contribution in [0.25, 0.3) is 0 Å². The molecule has 2 rings (SSSR count). The summed E-state index contributed by atoms with van der Waals surface area (Å²) in [6, 6.07) is 4.23. The van der Waals surface area contributed by atoms with Gasteiger partial charge in [0.25, 0.3) is 0 Å². The predicted octanol–water partition coefficient (Wildman–Crippen LogP) is 2.77. The fraction of sp³-hybridized carbons (Fsp3) is 0.556. The van der Waals surface area contributed by atoms with Gasteiger partial charge in [-0.25, -0.2) is 4.79 Å². The summed E-state index contributed by atoms with van der Waals surface area (Å²) >= 11 is 0. The number of alkyl halides is 3. The van der Waals surface area contributed by atoms with Crippen LogP contribution < -0.4 is 5.11 Å². The Kier molecular flexibility index (Phi) is 5.26. The predicted molar refractivity (Wildman–Crippen MR) is 85.1 cm³/mol. The van der Waals surface area contributed by atoms with Gasteiger partial charge in [0.05, 0.1) is 17.1 Å². The number of likely N-dealkylation sites (tertiary alicyclic amines) is 1. The Morgan fingerprint density at radius 3 is 2.23 bits per heavy atom. The molecule has 0 bridgehead atoms. The smallest absolute Gasteiger partial charge is 0.416 e. The van der Waals surface area contributed by atoms with Gasteiger partial charge < -0.3 is 14.6 Å². The quantitative estimate of drug-likeness (QED) is 0.818. The van der Waals surface area contributed by atoms with E-state index in [0.29, 0.717) is 12.0 Å². The van der Waals surface area contributed by atoms with Gasteiger partial charge in [0.15, 0.2) is 0 Å². The van der Waals surface area contributed by atoms with Crippen molar-refractivity contribution >= 4 is 12.1 Å². The Bertz CT molecular complexity index is 679. The Morgan fingerprint density at radius 2 is 1.77 bits per heavy atom. The van der Waals surface area contributed by atoms with E-state index in [1.54, 1.807) is 20.8 Å². The summed E-state index contributed by atoms with van der Waals surface area (Å²) in [5.41, 5.74) is -2.88. The van der Waals surface area contributed by atoms with Gasteiger partial charge in [0, 0.05) is 13.0 Å². The van der Waals surface area contributed by atoms with Crippen LogP contribution in [0.3, 0.4) is 0 Å². The highest BCUT2D eigenvalue weighted by Crippen LogP contribution is 2.35. The van der Waals surface area contributed by atoms with Gasteiger partial charge in [0.2, 0.25) is 0 Å². The Labute approximate surface area is 149 Å². The van der Waals surface area contributed by atoms with E-state index in [4.69, 9.17) is 4.74 Å². The second kappa shape index (κ2) is 6.81. The molecule has 1 heterocycles. The molecule has 0 radical (unpaired) electrons. The monoisotopic (exact) mass is 372 g/mol. The first kappa shape index (κ1) is 20.1. The lowest BCUT2D eigenvalue weighted by Crippen LogP contribution is -2.60. The molecule has 5 nitrogen and oxygen atoms in total. The van der Waals surface area contributed by atoms with E-state index in [-0.39, 0.29) is 19.4 Å². The molecule has 0 aromatic heterocycles. The van der Waals surface area contributed by atoms with E-state index in [9.17, 15) is 27.9 Å². The van der Waals surface area contributed by atoms with Gasteiger partial charge in [0.1, 0.15) is 5.60 Å². The van der Waals surface area contributed by atoms with Gasteiger partial charge in [-0.05, 0) is 51.3 Å². The average molecular weight is 372 g/mol. The zero-order valence-electron chi connectivity index (χ0n) is 14.9. The van der Waals surface area contributed by atoms with Crippen LogP contribution in [0.1, 0.15) is 44.7 Å². The SMILES string of the molecule is CC(C)(C)OC(=O)N1CCC[C@@]1(Cc1ccc(C(F)(F)F)cc1)C(=O)[O-]. The Balaban J connectivity index is 2.29. The maximum absolute atomic E-state index is 12.7. The molecule has 0 unspecified atom stereocenters. The highest BCUT2D eigenvalue weighted by molar-refractivity contribution is 5.84. The Morgan fingerprint density at radius 1 is 1.19 bits per heavy atom. The summed E-state index contributed by atoms with van der Waals surface area (Å²) in [6.45, 7) is 5.18. The third kappa shape index (κ3) is 4.28. The number of nitrogens with zero attached hydrogens (tertiary/aromatic N) is 1. The van der Waals surface area contributed by atoms with Crippen molar-refractivity contribution in [1.82, 2.24) is 4.90 Å². The zero-order chi connectivity index (χ0) is 19.8. The topological polar surface area (TPSA) is 69.7 Å². The third-order valence-electron chi connectivity index (χ3n) is 4.26. The molecule has 8 heteroatoms. The molecule has 1 atom stereocenters. The van der Waals surface area contributed by atoms with Gasteiger partial charge in [-0.2, -0.15) is 13.2 Å². The average Bonchev–Trinajstić information content (AvgIpc) is 2.90. The number of hydrogen-bond donors (Lipinski definition) is 0. The van der Waals surface area contributed by atoms with Crippen molar-refractivity contribution in [3.63, 3.8) is 0 Å². The van der Waals surface area contributed by atoms with E-state index >= 15 is 0 Å². The first-order valence-electron chi connectivity index (χ1n) is 8.23. The second-order valence-electron chi connectivity index (χ2n) is 7.43. The summed E-state index contributed by atoms with van der Waals surface area (Å²) < 4.78 is 43.3. The van der Waals surface area contributed by atoms with Gasteiger partial charge >= 0.3 is 12.3 Å². The van der Waals surface area contributed by atoms with E-state index in [2.05, 4.69) is 0 Å². The normalized spacial score (nSPS) is 20.9. The van der Waals surface area contributed by atoms with Crippen molar-refractivity contribution in [2.24, 2.45) is 0 Å². The number of benzene rings is 1. The molecule has 1 fully saturated rings. The molecule has 0 aliphatic carbocycles. The molecular weight excluding hydrogens is 351 g/mol. The van der Waals surface area contributed by atoms with E-state index in [0.717, 1.165) is 17.0 Å². The minimum Gasteiger partial charge on any atom is -0.548 e. The summed E-state index contributed by atoms with van der Waals surface area (Å²) in [5.74, 6) is -1.44. The number of halogens is 3. The molecule has 1 amide bonds. The van der Waals surface area contributed by atoms with Crippen molar-refractivity contribution in [1.29, 1.82) is 0 Å². The second-order valence-corrected chi connectivity index (χ2v) is 7.43. The van der Waals surface area contributed by atoms with Crippen molar-refractivity contribution in [3.05, 3.63) is 35.4 Å². The minimum absolute atomic E-state index is 0.146. The summed E-state index contributed by atoms with van der Waals surface area (Å²) in [4.78, 5) is 25.4. The summed E-state index contributed by atoms with van der Waals surface area (Å²) in [6.07, 6.45) is -4.80. The molecule has 26 heavy (non-hydrogen) atoms. The van der Waals surface area contributed by atoms with Crippen molar-refractivity contribution in [2.45, 2.75) is 57.3 Å². The molecule has 0 N–H and O–H groups in total. The van der Waals surface area contributed by atoms with E-state index in [1.165, 1.54) is 12.1 Å². The van der Waals surface area contributed by atoms with Crippen LogP contribution in [-0.2, 0) is 22.1 Å². The van der Waals surface area contributed by atoms with E-state index in [1.807, 2.05) is 0 Å². The maximum Gasteiger partial charge on any atom is 0.416 e. The zero-order valence-corrected chi connectivity index (χ0v) is 14.9. The van der Waals surface area contributed by atoms with Crippen molar-refractivity contribution in [3.8, 4) is 0 Å². The van der Waals surface area contributed by atoms with Crippen LogP contribution in [-0.4, -0.2) is 34.6 Å². The van der Waals surface area contributed by atoms with Gasteiger partial charge in [-0.3, -0.25) is 4.90 Å². The number of rotatable bonds is 3. The third-order valence-corrected chi connectivity index (χ3v) is 4.26. The number of hydrogen-bond acceptors (Lipinski definition) is 4. The van der Waals surface area contributed by atoms with Crippen molar-refractivity contribution in [2.75, 3.05) is 6.54 Å². The van der Waals surface area contributed by atoms with Crippen LogP contribution in [0.15, 0.2) is 24.3 Å². The fourth-order valence-electron chi connectivity index (χ4n) is 3.08. The summed E-state index contributed by atoms with van der Waals surface area (Å²) in [5, 5.41) is 11.9. The number of carboxylic acids is 1. The molecule has 0 saturated carbocycles. The first-order chi connectivity index (χ1) is 11.8. The van der Waals surface area contributed by atoms with Gasteiger partial charge in [-0.1, -0.05) is 12.1 Å². The molecule has 1 saturated heterocycles. The Hall–Kier alpha value is -2.25. The van der Waals surface area contributed by atoms with Crippen LogP contribution >= 0.6 is 0 Å². The molecule has 1 aromatic rings. The van der Waals surface area contributed by atoms with E-state index < -0.39 is 34.9 Å². The number of aliphatic carboxylic acids is 1. The first-order valence-corrected chi connectivity index (χ1v) is 8.23. The maximum atomic E-state index is 12.7. The van der Waals surface area contributed by atoms with Crippen LogP contribution in [0.2, 0.25) is 0 Å². The molecule has 1 aromatic carbocycles. The number of carboxylic acid groups (broad SMARTS) is 1.